The van der Waals surface area contributed by atoms with Crippen molar-refractivity contribution in [1.82, 2.24) is 4.98 Å². The van der Waals surface area contributed by atoms with E-state index in [4.69, 9.17) is 16.9 Å². The number of aryl methyl sites for hydroxylation is 1. The molecule has 0 fully saturated rings. The highest BCUT2D eigenvalue weighted by Gasteiger charge is 2.04. The Bertz CT molecular complexity index is 571. The number of nitriles is 1. The zero-order valence-electron chi connectivity index (χ0n) is 9.20. The Hall–Kier alpha value is -1.57. The van der Waals surface area contributed by atoms with Gasteiger partial charge < -0.3 is 5.32 Å². The minimum Gasteiger partial charge on any atom is -0.377 e. The molecule has 0 aliphatic rings. The molecule has 1 aromatic heterocycles. The van der Waals surface area contributed by atoms with Gasteiger partial charge in [-0.25, -0.2) is 4.98 Å². The maximum Gasteiger partial charge on any atom is 0.112 e. The van der Waals surface area contributed by atoms with Gasteiger partial charge in [0.15, 0.2) is 0 Å². The summed E-state index contributed by atoms with van der Waals surface area (Å²) < 4.78 is 0. The van der Waals surface area contributed by atoms with Gasteiger partial charge in [-0.1, -0.05) is 11.6 Å². The number of halogens is 1. The number of benzene rings is 1. The van der Waals surface area contributed by atoms with Crippen LogP contribution in [0.4, 0.5) is 5.69 Å². The van der Waals surface area contributed by atoms with E-state index in [1.807, 2.05) is 13.1 Å². The Kier molecular flexibility index (Phi) is 3.62. The van der Waals surface area contributed by atoms with Crippen LogP contribution in [0.25, 0.3) is 0 Å². The monoisotopic (exact) mass is 263 g/mol. The zero-order valence-corrected chi connectivity index (χ0v) is 10.8. The van der Waals surface area contributed by atoms with Crippen molar-refractivity contribution in [3.63, 3.8) is 0 Å². The lowest BCUT2D eigenvalue weighted by Crippen LogP contribution is -2.00. The number of rotatable bonds is 3. The minimum atomic E-state index is 0.586. The van der Waals surface area contributed by atoms with E-state index in [0.29, 0.717) is 17.1 Å². The predicted octanol–water partition coefficient (Wildman–Crippen LogP) is 3.59. The van der Waals surface area contributed by atoms with Crippen molar-refractivity contribution in [2.45, 2.75) is 13.5 Å². The van der Waals surface area contributed by atoms with Gasteiger partial charge in [0.1, 0.15) is 11.1 Å². The van der Waals surface area contributed by atoms with Crippen LogP contribution in [0, 0.1) is 18.3 Å². The second-order valence-corrected chi connectivity index (χ2v) is 5.28. The molecule has 0 saturated carbocycles. The van der Waals surface area contributed by atoms with Crippen LogP contribution in [0.1, 0.15) is 15.4 Å². The molecule has 2 rings (SSSR count). The highest BCUT2D eigenvalue weighted by molar-refractivity contribution is 7.11. The first-order valence-corrected chi connectivity index (χ1v) is 6.23. The first-order chi connectivity index (χ1) is 8.19. The number of nitrogens with zero attached hydrogens (tertiary/aromatic N) is 2. The lowest BCUT2D eigenvalue weighted by atomic mass is 10.2. The fraction of sp³-hybridized carbons (Fsp3) is 0.167. The summed E-state index contributed by atoms with van der Waals surface area (Å²) in [6.07, 6.45) is 1.84. The van der Waals surface area contributed by atoms with Crippen molar-refractivity contribution in [3.8, 4) is 6.07 Å². The predicted molar refractivity (Wildman–Crippen MR) is 70.3 cm³/mol. The molecule has 1 aromatic carbocycles. The van der Waals surface area contributed by atoms with Gasteiger partial charge in [0.25, 0.3) is 0 Å². The molecule has 3 nitrogen and oxygen atoms in total. The van der Waals surface area contributed by atoms with E-state index in [1.165, 1.54) is 4.88 Å². The van der Waals surface area contributed by atoms with Gasteiger partial charge >= 0.3 is 0 Å². The molecule has 0 aliphatic heterocycles. The first kappa shape index (κ1) is 11.9. The number of hydrogen-bond acceptors (Lipinski definition) is 4. The van der Waals surface area contributed by atoms with Gasteiger partial charge in [0, 0.05) is 16.1 Å². The van der Waals surface area contributed by atoms with Crippen LogP contribution in [0.3, 0.4) is 0 Å². The highest BCUT2D eigenvalue weighted by Crippen LogP contribution is 2.21. The molecule has 0 atom stereocenters. The molecule has 0 aliphatic carbocycles. The van der Waals surface area contributed by atoms with E-state index in [1.54, 1.807) is 29.5 Å². The Morgan fingerprint density at radius 1 is 1.53 bits per heavy atom. The standard InChI is InChI=1S/C12H10ClN3S/c1-8-6-16-12(17-8)7-15-11-4-10(13)3-2-9(11)5-14/h2-4,6,15H,7H2,1H3. The molecule has 1 heterocycles. The maximum absolute atomic E-state index is 8.96. The third kappa shape index (κ3) is 2.96. The van der Waals surface area contributed by atoms with E-state index in [9.17, 15) is 0 Å². The van der Waals surface area contributed by atoms with Crippen LogP contribution in [0.15, 0.2) is 24.4 Å². The molecule has 0 radical (unpaired) electrons. The van der Waals surface area contributed by atoms with Gasteiger partial charge in [-0.05, 0) is 25.1 Å². The molecule has 0 amide bonds. The summed E-state index contributed by atoms with van der Waals surface area (Å²) in [4.78, 5) is 5.42. The molecular formula is C12H10ClN3S. The fourth-order valence-corrected chi connectivity index (χ4v) is 2.31. The molecule has 17 heavy (non-hydrogen) atoms. The van der Waals surface area contributed by atoms with Crippen molar-refractivity contribution in [2.24, 2.45) is 0 Å². The molecule has 5 heteroatoms. The zero-order chi connectivity index (χ0) is 12.3. The van der Waals surface area contributed by atoms with E-state index >= 15 is 0 Å². The number of anilines is 1. The average molecular weight is 264 g/mol. The second-order valence-electron chi connectivity index (χ2n) is 3.52. The third-order valence-corrected chi connectivity index (χ3v) is 3.35. The topological polar surface area (TPSA) is 48.7 Å². The van der Waals surface area contributed by atoms with E-state index in [2.05, 4.69) is 16.4 Å². The molecule has 1 N–H and O–H groups in total. The van der Waals surface area contributed by atoms with Gasteiger partial charge in [0.2, 0.25) is 0 Å². The largest absolute Gasteiger partial charge is 0.377 e. The van der Waals surface area contributed by atoms with Crippen molar-refractivity contribution >= 4 is 28.6 Å². The summed E-state index contributed by atoms with van der Waals surface area (Å²) in [5.41, 5.74) is 1.33. The van der Waals surface area contributed by atoms with Crippen LogP contribution in [0.2, 0.25) is 5.02 Å². The van der Waals surface area contributed by atoms with Crippen molar-refractivity contribution in [2.75, 3.05) is 5.32 Å². The molecular weight excluding hydrogens is 254 g/mol. The van der Waals surface area contributed by atoms with Crippen LogP contribution >= 0.6 is 22.9 Å². The number of aromatic nitrogens is 1. The van der Waals surface area contributed by atoms with Gasteiger partial charge in [0.05, 0.1) is 17.8 Å². The highest BCUT2D eigenvalue weighted by atomic mass is 35.5. The van der Waals surface area contributed by atoms with Gasteiger partial charge in [-0.3, -0.25) is 0 Å². The number of hydrogen-bond donors (Lipinski definition) is 1. The number of thiazole rings is 1. The normalized spacial score (nSPS) is 9.94. The summed E-state index contributed by atoms with van der Waals surface area (Å²) in [6.45, 7) is 2.62. The molecule has 0 saturated heterocycles. The molecule has 0 spiro atoms. The fourth-order valence-electron chi connectivity index (χ4n) is 1.41. The Morgan fingerprint density at radius 2 is 2.35 bits per heavy atom. The van der Waals surface area contributed by atoms with Crippen molar-refractivity contribution < 1.29 is 0 Å². The van der Waals surface area contributed by atoms with Crippen LogP contribution < -0.4 is 5.32 Å². The van der Waals surface area contributed by atoms with Crippen LogP contribution in [0.5, 0.6) is 0 Å². The SMILES string of the molecule is Cc1cnc(CNc2cc(Cl)ccc2C#N)s1. The van der Waals surface area contributed by atoms with Gasteiger partial charge in [-0.15, -0.1) is 11.3 Å². The summed E-state index contributed by atoms with van der Waals surface area (Å²) in [5, 5.41) is 13.7. The first-order valence-electron chi connectivity index (χ1n) is 5.04. The third-order valence-electron chi connectivity index (χ3n) is 2.20. The smallest absolute Gasteiger partial charge is 0.112 e. The van der Waals surface area contributed by atoms with E-state index in [0.717, 1.165) is 10.7 Å². The summed E-state index contributed by atoms with van der Waals surface area (Å²) in [6, 6.07) is 7.29. The Morgan fingerprint density at radius 3 is 3.00 bits per heavy atom. The number of nitrogens with one attached hydrogen (secondary N) is 1. The minimum absolute atomic E-state index is 0.586. The molecule has 2 aromatic rings. The van der Waals surface area contributed by atoms with E-state index < -0.39 is 0 Å². The van der Waals surface area contributed by atoms with E-state index in [-0.39, 0.29) is 0 Å². The molecule has 86 valence electrons. The lowest BCUT2D eigenvalue weighted by molar-refractivity contribution is 1.10. The Balaban J connectivity index is 2.13. The van der Waals surface area contributed by atoms with Crippen LogP contribution in [-0.4, -0.2) is 4.98 Å². The van der Waals surface area contributed by atoms with Crippen molar-refractivity contribution in [1.29, 1.82) is 5.26 Å². The summed E-state index contributed by atoms with van der Waals surface area (Å²) in [7, 11) is 0. The lowest BCUT2D eigenvalue weighted by Gasteiger charge is -2.06. The second kappa shape index (κ2) is 5.17. The summed E-state index contributed by atoms with van der Waals surface area (Å²) in [5.74, 6) is 0. The quantitative estimate of drug-likeness (QED) is 0.921. The molecule has 0 unspecified atom stereocenters. The van der Waals surface area contributed by atoms with Gasteiger partial charge in [-0.2, -0.15) is 5.26 Å². The van der Waals surface area contributed by atoms with Crippen LogP contribution in [-0.2, 0) is 6.54 Å². The molecule has 0 bridgehead atoms. The van der Waals surface area contributed by atoms with Crippen molar-refractivity contribution in [3.05, 3.63) is 44.9 Å². The summed E-state index contributed by atoms with van der Waals surface area (Å²) >= 11 is 7.53. The Labute approximate surface area is 109 Å². The average Bonchev–Trinajstić information content (AvgIpc) is 2.73. The maximum atomic E-state index is 8.96.